The van der Waals surface area contributed by atoms with Crippen molar-refractivity contribution in [2.24, 2.45) is 0 Å². The molecule has 138 valence electrons. The molecule has 2 aromatic rings. The van der Waals surface area contributed by atoms with Crippen LogP contribution in [0.3, 0.4) is 0 Å². The number of benzene rings is 2. The minimum atomic E-state index is -0.908. The molecule has 1 aliphatic heterocycles. The zero-order valence-corrected chi connectivity index (χ0v) is 14.9. The molecule has 0 fully saturated rings. The average molecular weight is 385 g/mol. The maximum absolute atomic E-state index is 12.8. The Labute approximate surface area is 159 Å². The molecule has 1 heterocycles. The van der Waals surface area contributed by atoms with Crippen LogP contribution in [0.25, 0.3) is 0 Å². The molecule has 1 atom stereocenters. The van der Waals surface area contributed by atoms with Crippen LogP contribution in [0.1, 0.15) is 18.5 Å². The zero-order valence-electron chi connectivity index (χ0n) is 14.1. The lowest BCUT2D eigenvalue weighted by Gasteiger charge is -2.30. The number of aromatic hydroxyl groups is 1. The Kier molecular flexibility index (Phi) is 5.04. The zero-order chi connectivity index (χ0) is 19.6. The summed E-state index contributed by atoms with van der Waals surface area (Å²) in [6, 6.07) is 11.2. The van der Waals surface area contributed by atoms with Crippen LogP contribution in [-0.4, -0.2) is 21.1 Å². The van der Waals surface area contributed by atoms with E-state index in [9.17, 15) is 20.0 Å². The van der Waals surface area contributed by atoms with Gasteiger partial charge in [0.15, 0.2) is 5.11 Å². The third kappa shape index (κ3) is 3.87. The molecule has 0 spiro atoms. The summed E-state index contributed by atoms with van der Waals surface area (Å²) < 4.78 is 5.39. The van der Waals surface area contributed by atoms with Gasteiger partial charge >= 0.3 is 5.97 Å². The molecule has 0 amide bonds. The minimum absolute atomic E-state index is 0.146. The van der Waals surface area contributed by atoms with Gasteiger partial charge in [0.2, 0.25) is 0 Å². The average Bonchev–Trinajstić information content (AvgIpc) is 2.62. The highest BCUT2D eigenvalue weighted by molar-refractivity contribution is 7.80. The second-order valence-electron chi connectivity index (χ2n) is 5.77. The van der Waals surface area contributed by atoms with Gasteiger partial charge in [-0.05, 0) is 37.3 Å². The molecule has 27 heavy (non-hydrogen) atoms. The van der Waals surface area contributed by atoms with Crippen LogP contribution < -0.4 is 15.4 Å². The molecule has 0 saturated heterocycles. The molecular formula is C18H15N3O5S. The van der Waals surface area contributed by atoms with Crippen LogP contribution in [0.15, 0.2) is 59.8 Å². The molecule has 0 aromatic heterocycles. The van der Waals surface area contributed by atoms with Crippen molar-refractivity contribution < 1.29 is 19.6 Å². The molecule has 3 rings (SSSR count). The number of non-ortho nitro benzene ring substituents is 1. The molecule has 0 unspecified atom stereocenters. The van der Waals surface area contributed by atoms with Gasteiger partial charge < -0.3 is 20.5 Å². The number of hydrogen-bond acceptors (Lipinski definition) is 6. The number of phenols is 1. The van der Waals surface area contributed by atoms with Gasteiger partial charge in [0.1, 0.15) is 11.5 Å². The van der Waals surface area contributed by atoms with Crippen molar-refractivity contribution in [3.63, 3.8) is 0 Å². The van der Waals surface area contributed by atoms with E-state index in [0.29, 0.717) is 11.4 Å². The van der Waals surface area contributed by atoms with Gasteiger partial charge in [-0.1, -0.05) is 18.2 Å². The minimum Gasteiger partial charge on any atom is -0.508 e. The first-order valence-electron chi connectivity index (χ1n) is 7.89. The number of esters is 1. The van der Waals surface area contributed by atoms with E-state index in [0.717, 1.165) is 0 Å². The lowest BCUT2D eigenvalue weighted by atomic mass is 9.94. The summed E-state index contributed by atoms with van der Waals surface area (Å²) >= 11 is 5.13. The molecule has 0 saturated carbocycles. The number of carbonyl (C=O) groups is 1. The van der Waals surface area contributed by atoms with Crippen LogP contribution in [0.4, 0.5) is 5.69 Å². The number of nitrogens with one attached hydrogen (secondary N) is 2. The van der Waals surface area contributed by atoms with E-state index < -0.39 is 16.9 Å². The first-order chi connectivity index (χ1) is 12.9. The fourth-order valence-corrected chi connectivity index (χ4v) is 3.01. The van der Waals surface area contributed by atoms with Gasteiger partial charge in [0, 0.05) is 23.4 Å². The fourth-order valence-electron chi connectivity index (χ4n) is 2.73. The van der Waals surface area contributed by atoms with Crippen molar-refractivity contribution in [1.29, 1.82) is 0 Å². The van der Waals surface area contributed by atoms with E-state index >= 15 is 0 Å². The summed E-state index contributed by atoms with van der Waals surface area (Å²) in [4.78, 5) is 23.3. The smallest absolute Gasteiger partial charge is 0.343 e. The standard InChI is InChI=1S/C18H15N3O5S/c1-10-15(17(23)26-12-5-3-2-4-6-12)16(20-18(27)19-10)13-9-11(21(24)25)7-8-14(13)22/h2-9,16,22H,1H3,(H2,19,20,27)/t16-/m0/s1. The third-order valence-electron chi connectivity index (χ3n) is 3.98. The van der Waals surface area contributed by atoms with Crippen molar-refractivity contribution in [3.05, 3.63) is 75.5 Å². The Bertz CT molecular complexity index is 959. The molecule has 8 nitrogen and oxygen atoms in total. The summed E-state index contributed by atoms with van der Waals surface area (Å²) in [7, 11) is 0. The van der Waals surface area contributed by atoms with Crippen molar-refractivity contribution in [2.75, 3.05) is 0 Å². The topological polar surface area (TPSA) is 114 Å². The van der Waals surface area contributed by atoms with Crippen molar-refractivity contribution in [3.8, 4) is 11.5 Å². The lowest BCUT2D eigenvalue weighted by Crippen LogP contribution is -2.45. The number of nitrogens with zero attached hydrogens (tertiary/aromatic N) is 1. The maximum atomic E-state index is 12.8. The fraction of sp³-hybridized carbons (Fsp3) is 0.111. The van der Waals surface area contributed by atoms with Gasteiger partial charge in [-0.2, -0.15) is 0 Å². The first kappa shape index (κ1) is 18.3. The number of ether oxygens (including phenoxy) is 1. The molecule has 0 aliphatic carbocycles. The summed E-state index contributed by atoms with van der Waals surface area (Å²) in [5.41, 5.74) is 0.508. The highest BCUT2D eigenvalue weighted by Gasteiger charge is 2.33. The summed E-state index contributed by atoms with van der Waals surface area (Å²) in [5.74, 6) is -0.532. The second-order valence-corrected chi connectivity index (χ2v) is 6.18. The lowest BCUT2D eigenvalue weighted by molar-refractivity contribution is -0.385. The predicted octanol–water partition coefficient (Wildman–Crippen LogP) is 2.70. The molecule has 3 N–H and O–H groups in total. The number of para-hydroxylation sites is 1. The van der Waals surface area contributed by atoms with E-state index in [1.54, 1.807) is 37.3 Å². The van der Waals surface area contributed by atoms with Crippen molar-refractivity contribution in [2.45, 2.75) is 13.0 Å². The van der Waals surface area contributed by atoms with E-state index in [1.165, 1.54) is 18.2 Å². The van der Waals surface area contributed by atoms with Crippen molar-refractivity contribution in [1.82, 2.24) is 10.6 Å². The number of thiocarbonyl (C=S) groups is 1. The Hall–Kier alpha value is -3.46. The van der Waals surface area contributed by atoms with Crippen LogP contribution in [0.2, 0.25) is 0 Å². The highest BCUT2D eigenvalue weighted by Crippen LogP contribution is 2.35. The molecule has 2 aromatic carbocycles. The number of hydrogen-bond donors (Lipinski definition) is 3. The first-order valence-corrected chi connectivity index (χ1v) is 8.30. The Morgan fingerprint density at radius 1 is 1.26 bits per heavy atom. The monoisotopic (exact) mass is 385 g/mol. The van der Waals surface area contributed by atoms with Gasteiger partial charge in [-0.15, -0.1) is 0 Å². The maximum Gasteiger partial charge on any atom is 0.343 e. The molecule has 1 aliphatic rings. The Morgan fingerprint density at radius 3 is 2.63 bits per heavy atom. The Morgan fingerprint density at radius 2 is 1.96 bits per heavy atom. The summed E-state index contributed by atoms with van der Waals surface area (Å²) in [5, 5.41) is 27.2. The number of nitro groups is 1. The Balaban J connectivity index is 2.03. The number of rotatable bonds is 4. The van der Waals surface area contributed by atoms with Crippen molar-refractivity contribution >= 4 is 29.0 Å². The number of carbonyl (C=O) groups excluding carboxylic acids is 1. The number of nitro benzene ring substituents is 1. The van der Waals surface area contributed by atoms with Gasteiger partial charge in [0.05, 0.1) is 16.5 Å². The molecule has 0 radical (unpaired) electrons. The van der Waals surface area contributed by atoms with E-state index in [4.69, 9.17) is 17.0 Å². The van der Waals surface area contributed by atoms with Gasteiger partial charge in [-0.25, -0.2) is 4.79 Å². The molecule has 0 bridgehead atoms. The number of phenolic OH excluding ortho intramolecular Hbond substituents is 1. The van der Waals surface area contributed by atoms with Crippen LogP contribution in [0.5, 0.6) is 11.5 Å². The number of allylic oxidation sites excluding steroid dienone is 1. The predicted molar refractivity (Wildman–Crippen MR) is 101 cm³/mol. The third-order valence-corrected chi connectivity index (χ3v) is 4.20. The van der Waals surface area contributed by atoms with Gasteiger partial charge in [0.25, 0.3) is 5.69 Å². The van der Waals surface area contributed by atoms with E-state index in [2.05, 4.69) is 10.6 Å². The van der Waals surface area contributed by atoms with Gasteiger partial charge in [-0.3, -0.25) is 10.1 Å². The highest BCUT2D eigenvalue weighted by atomic mass is 32.1. The van der Waals surface area contributed by atoms with Crippen LogP contribution >= 0.6 is 12.2 Å². The molecule has 9 heteroatoms. The van der Waals surface area contributed by atoms with Crippen LogP contribution in [-0.2, 0) is 4.79 Å². The SMILES string of the molecule is CC1=C(C(=O)Oc2ccccc2)[C@H](c2cc([N+](=O)[O-])ccc2O)NC(=S)N1. The normalized spacial score (nSPS) is 16.3. The van der Waals surface area contributed by atoms with E-state index in [1.807, 2.05) is 0 Å². The quantitative estimate of drug-likeness (QED) is 0.242. The summed E-state index contributed by atoms with van der Waals surface area (Å²) in [6.07, 6.45) is 0. The van der Waals surface area contributed by atoms with E-state index in [-0.39, 0.29) is 27.7 Å². The summed E-state index contributed by atoms with van der Waals surface area (Å²) in [6.45, 7) is 1.64. The molecular weight excluding hydrogens is 370 g/mol. The second kappa shape index (κ2) is 7.42. The van der Waals surface area contributed by atoms with Crippen LogP contribution in [0, 0.1) is 10.1 Å². The largest absolute Gasteiger partial charge is 0.508 e.